The molecular weight excluding hydrogens is 418 g/mol. The lowest BCUT2D eigenvalue weighted by Crippen LogP contribution is -2.30. The fraction of sp³-hybridized carbons (Fsp3) is 0.667. The van der Waals surface area contributed by atoms with Crippen molar-refractivity contribution in [3.63, 3.8) is 0 Å². The summed E-state index contributed by atoms with van der Waals surface area (Å²) in [5.74, 6) is -3.11. The number of nitrogens with two attached hydrogens (primary N) is 1. The van der Waals surface area contributed by atoms with Crippen LogP contribution in [-0.2, 0) is 0 Å². The number of amides is 1. The molecule has 3 saturated carbocycles. The quantitative estimate of drug-likeness (QED) is 0.463. The van der Waals surface area contributed by atoms with Gasteiger partial charge >= 0.3 is 11.9 Å². The Bertz CT molecular complexity index is 779. The normalized spacial score (nSPS) is 21.1. The van der Waals surface area contributed by atoms with Gasteiger partial charge in [0.1, 0.15) is 0 Å². The minimum Gasteiger partial charge on any atom is -0.478 e. The lowest BCUT2D eigenvalue weighted by atomic mass is 9.68. The Balaban J connectivity index is 2.10. The highest BCUT2D eigenvalue weighted by atomic mass is 16.4. The summed E-state index contributed by atoms with van der Waals surface area (Å²) in [6, 6.07) is 0. The molecule has 1 amide bonds. The second kappa shape index (κ2) is 10.3. The molecule has 180 valence electrons. The molecule has 0 saturated heterocycles. The number of carboxylic acids is 2. The van der Waals surface area contributed by atoms with E-state index < -0.39 is 17.8 Å². The van der Waals surface area contributed by atoms with Crippen molar-refractivity contribution in [2.24, 2.45) is 5.73 Å². The van der Waals surface area contributed by atoms with Crippen LogP contribution < -0.4 is 5.73 Å². The molecule has 6 heteroatoms. The zero-order valence-electron chi connectivity index (χ0n) is 19.5. The monoisotopic (exact) mass is 455 g/mol. The Hall–Kier alpha value is -2.37. The predicted octanol–water partition coefficient (Wildman–Crippen LogP) is 6.33. The fourth-order valence-corrected chi connectivity index (χ4v) is 6.94. The molecule has 0 bridgehead atoms. The summed E-state index contributed by atoms with van der Waals surface area (Å²) in [4.78, 5) is 38.6. The third kappa shape index (κ3) is 4.67. The van der Waals surface area contributed by atoms with Gasteiger partial charge in [-0.05, 0) is 73.0 Å². The Morgan fingerprint density at radius 3 is 1.03 bits per heavy atom. The van der Waals surface area contributed by atoms with Crippen molar-refractivity contribution in [3.05, 3.63) is 33.4 Å². The summed E-state index contributed by atoms with van der Waals surface area (Å²) < 4.78 is 0. The molecule has 3 fully saturated rings. The van der Waals surface area contributed by atoms with Crippen LogP contribution in [0, 0.1) is 0 Å². The average Bonchev–Trinajstić information content (AvgIpc) is 2.83. The first kappa shape index (κ1) is 23.8. The summed E-state index contributed by atoms with van der Waals surface area (Å²) in [7, 11) is 0. The molecule has 4 rings (SSSR count). The molecule has 1 aromatic rings. The van der Waals surface area contributed by atoms with Crippen LogP contribution in [0.1, 0.15) is 162 Å². The van der Waals surface area contributed by atoms with E-state index >= 15 is 0 Å². The minimum atomic E-state index is -1.11. The smallest absolute Gasteiger partial charge is 0.336 e. The molecule has 0 aromatic heterocycles. The fourth-order valence-electron chi connectivity index (χ4n) is 6.94. The lowest BCUT2D eigenvalue weighted by Gasteiger charge is -2.35. The van der Waals surface area contributed by atoms with Gasteiger partial charge in [0.2, 0.25) is 5.91 Å². The molecule has 0 radical (unpaired) electrons. The molecule has 3 aliphatic carbocycles. The predicted molar refractivity (Wildman–Crippen MR) is 126 cm³/mol. The standard InChI is InChI=1S/C27H37NO5/c28-25(29)22-19(16-10-4-1-5-11-16)23(26(30)31)21(18-14-8-3-9-15-18)24(27(32)33)20(22)17-12-6-2-7-13-17/h16-18H,1-15H2,(H2,28,29)(H,30,31)(H,32,33). The first-order valence-corrected chi connectivity index (χ1v) is 12.9. The molecule has 0 aliphatic heterocycles. The van der Waals surface area contributed by atoms with Gasteiger partial charge in [0.25, 0.3) is 0 Å². The minimum absolute atomic E-state index is 0.0557. The number of carboxylic acid groups (broad SMARTS) is 2. The van der Waals surface area contributed by atoms with Crippen molar-refractivity contribution < 1.29 is 24.6 Å². The number of carbonyl (C=O) groups excluding carboxylic acids is 1. The molecule has 0 heterocycles. The van der Waals surface area contributed by atoms with Crippen molar-refractivity contribution in [2.45, 2.75) is 114 Å². The van der Waals surface area contributed by atoms with Gasteiger partial charge < -0.3 is 15.9 Å². The zero-order valence-corrected chi connectivity index (χ0v) is 19.5. The van der Waals surface area contributed by atoms with Crippen molar-refractivity contribution in [2.75, 3.05) is 0 Å². The largest absolute Gasteiger partial charge is 0.478 e. The first-order chi connectivity index (χ1) is 15.9. The summed E-state index contributed by atoms with van der Waals surface area (Å²) in [6.45, 7) is 0. The Morgan fingerprint density at radius 2 is 0.788 bits per heavy atom. The van der Waals surface area contributed by atoms with Crippen LogP contribution in [0.2, 0.25) is 0 Å². The lowest BCUT2D eigenvalue weighted by molar-refractivity contribution is 0.0690. The molecule has 0 unspecified atom stereocenters. The van der Waals surface area contributed by atoms with Crippen molar-refractivity contribution in [1.29, 1.82) is 0 Å². The van der Waals surface area contributed by atoms with Crippen molar-refractivity contribution in [3.8, 4) is 0 Å². The summed E-state index contributed by atoms with van der Waals surface area (Å²) in [6.07, 6.45) is 14.0. The first-order valence-electron chi connectivity index (χ1n) is 12.9. The van der Waals surface area contributed by atoms with Crippen LogP contribution in [-0.4, -0.2) is 28.1 Å². The molecule has 4 N–H and O–H groups in total. The summed E-state index contributed by atoms with van der Waals surface area (Å²) in [5, 5.41) is 21.0. The van der Waals surface area contributed by atoms with Gasteiger partial charge in [0.15, 0.2) is 0 Å². The van der Waals surface area contributed by atoms with Gasteiger partial charge in [-0.25, -0.2) is 9.59 Å². The van der Waals surface area contributed by atoms with Gasteiger partial charge in [-0.15, -0.1) is 0 Å². The van der Waals surface area contributed by atoms with Crippen molar-refractivity contribution in [1.82, 2.24) is 0 Å². The molecular formula is C27H37NO5. The van der Waals surface area contributed by atoms with E-state index in [0.29, 0.717) is 16.7 Å². The number of hydrogen-bond acceptors (Lipinski definition) is 3. The molecule has 0 atom stereocenters. The number of hydrogen-bond donors (Lipinski definition) is 3. The van der Waals surface area contributed by atoms with E-state index in [4.69, 9.17) is 5.73 Å². The highest BCUT2D eigenvalue weighted by Crippen LogP contribution is 2.48. The van der Waals surface area contributed by atoms with Crippen LogP contribution in [0.3, 0.4) is 0 Å². The van der Waals surface area contributed by atoms with E-state index in [1.807, 2.05) is 0 Å². The molecule has 6 nitrogen and oxygen atoms in total. The van der Waals surface area contributed by atoms with Crippen LogP contribution in [0.5, 0.6) is 0 Å². The number of rotatable bonds is 6. The van der Waals surface area contributed by atoms with E-state index in [0.717, 1.165) is 96.3 Å². The Labute approximate surface area is 195 Å². The Morgan fingerprint density at radius 1 is 0.515 bits per heavy atom. The highest BCUT2D eigenvalue weighted by molar-refractivity contribution is 6.07. The van der Waals surface area contributed by atoms with Crippen molar-refractivity contribution >= 4 is 17.8 Å². The number of carbonyl (C=O) groups is 3. The van der Waals surface area contributed by atoms with E-state index in [2.05, 4.69) is 0 Å². The summed E-state index contributed by atoms with van der Waals surface area (Å²) in [5.41, 5.74) is 7.96. The van der Waals surface area contributed by atoms with Gasteiger partial charge in [-0.1, -0.05) is 57.8 Å². The maximum absolute atomic E-state index is 13.0. The highest BCUT2D eigenvalue weighted by Gasteiger charge is 2.40. The maximum Gasteiger partial charge on any atom is 0.336 e. The third-order valence-electron chi connectivity index (χ3n) is 8.33. The van der Waals surface area contributed by atoms with Crippen LogP contribution in [0.15, 0.2) is 0 Å². The number of primary amides is 1. The number of aromatic carboxylic acids is 2. The molecule has 33 heavy (non-hydrogen) atoms. The van der Waals surface area contributed by atoms with Gasteiger partial charge in [-0.2, -0.15) is 0 Å². The Kier molecular flexibility index (Phi) is 7.40. The van der Waals surface area contributed by atoms with Crippen LogP contribution >= 0.6 is 0 Å². The number of benzene rings is 1. The zero-order chi connectivity index (χ0) is 23.5. The summed E-state index contributed by atoms with van der Waals surface area (Å²) >= 11 is 0. The topological polar surface area (TPSA) is 118 Å². The molecule has 3 aliphatic rings. The SMILES string of the molecule is NC(=O)c1c(C2CCCCC2)c(C(=O)O)c(C2CCCCC2)c(C(=O)O)c1C1CCCCC1. The molecule has 0 spiro atoms. The van der Waals surface area contributed by atoms with E-state index in [-0.39, 0.29) is 34.4 Å². The maximum atomic E-state index is 13.0. The van der Waals surface area contributed by atoms with E-state index in [1.54, 1.807) is 0 Å². The van der Waals surface area contributed by atoms with E-state index in [9.17, 15) is 24.6 Å². The van der Waals surface area contributed by atoms with E-state index in [1.165, 1.54) is 0 Å². The van der Waals surface area contributed by atoms with Crippen LogP contribution in [0.25, 0.3) is 0 Å². The van der Waals surface area contributed by atoms with Gasteiger partial charge in [0.05, 0.1) is 11.1 Å². The van der Waals surface area contributed by atoms with Gasteiger partial charge in [0, 0.05) is 5.56 Å². The average molecular weight is 456 g/mol. The second-order valence-electron chi connectivity index (χ2n) is 10.3. The molecule has 1 aromatic carbocycles. The third-order valence-corrected chi connectivity index (χ3v) is 8.33. The van der Waals surface area contributed by atoms with Crippen LogP contribution in [0.4, 0.5) is 0 Å². The van der Waals surface area contributed by atoms with Gasteiger partial charge in [-0.3, -0.25) is 4.79 Å². The second-order valence-corrected chi connectivity index (χ2v) is 10.3.